The zero-order valence-electron chi connectivity index (χ0n) is 12.6. The smallest absolute Gasteiger partial charge is 0.198 e. The van der Waals surface area contributed by atoms with Crippen molar-refractivity contribution < 1.29 is 13.5 Å². The largest absolute Gasteiger partial charge is 0.451 e. The summed E-state index contributed by atoms with van der Waals surface area (Å²) in [6.45, 7) is 0.210. The molecule has 0 bridgehead atoms. The first-order valence-corrected chi connectivity index (χ1v) is 7.08. The quantitative estimate of drug-likeness (QED) is 0.689. The number of rotatable bonds is 5. The first kappa shape index (κ1) is 17.7. The molecule has 0 fully saturated rings. The monoisotopic (exact) mass is 348 g/mol. The van der Waals surface area contributed by atoms with E-state index in [0.29, 0.717) is 11.3 Å². The fourth-order valence-corrected chi connectivity index (χ4v) is 2.08. The zero-order valence-corrected chi connectivity index (χ0v) is 13.4. The minimum atomic E-state index is -0.737. The third-order valence-electron chi connectivity index (χ3n) is 3.26. The van der Waals surface area contributed by atoms with Crippen molar-refractivity contribution in [3.63, 3.8) is 0 Å². The lowest BCUT2D eigenvalue weighted by atomic mass is 10.2. The molecule has 1 aromatic heterocycles. The molecule has 3 rings (SSSR count). The molecule has 0 amide bonds. The van der Waals surface area contributed by atoms with Gasteiger partial charge in [0.15, 0.2) is 17.4 Å². The second-order valence-electron chi connectivity index (χ2n) is 4.85. The molecule has 0 unspecified atom stereocenters. The van der Waals surface area contributed by atoms with Gasteiger partial charge in [0.1, 0.15) is 5.75 Å². The van der Waals surface area contributed by atoms with Gasteiger partial charge in [-0.05, 0) is 30.3 Å². The van der Waals surface area contributed by atoms with Gasteiger partial charge >= 0.3 is 0 Å². The van der Waals surface area contributed by atoms with Crippen LogP contribution in [0.15, 0.2) is 67.0 Å². The fraction of sp³-hybridized carbons (Fsp3) is 0.0556. The second-order valence-corrected chi connectivity index (χ2v) is 4.85. The highest BCUT2D eigenvalue weighted by atomic mass is 35.5. The van der Waals surface area contributed by atoms with E-state index in [1.54, 1.807) is 54.9 Å². The molecule has 3 aromatic rings. The minimum absolute atomic E-state index is 0. The summed E-state index contributed by atoms with van der Waals surface area (Å²) in [7, 11) is 0. The molecular weight excluding hydrogens is 334 g/mol. The predicted octanol–water partition coefficient (Wildman–Crippen LogP) is 5.19. The van der Waals surface area contributed by atoms with Gasteiger partial charge < -0.3 is 10.1 Å². The number of benzene rings is 2. The Bertz CT molecular complexity index is 786. The molecule has 124 valence electrons. The lowest BCUT2D eigenvalue weighted by molar-refractivity contribution is 0.404. The van der Waals surface area contributed by atoms with Gasteiger partial charge in [0.05, 0.1) is 0 Å². The number of hydrogen-bond acceptors (Lipinski definition) is 3. The van der Waals surface area contributed by atoms with Gasteiger partial charge in [0.2, 0.25) is 0 Å². The molecular formula is C18H15ClF2N2O. The summed E-state index contributed by atoms with van der Waals surface area (Å²) in [5.41, 5.74) is 1.11. The number of nitrogens with one attached hydrogen (secondary N) is 1. The molecule has 0 spiro atoms. The Hall–Kier alpha value is -2.66. The molecule has 0 aliphatic carbocycles. The van der Waals surface area contributed by atoms with E-state index in [-0.39, 0.29) is 19.0 Å². The number of para-hydroxylation sites is 1. The lowest BCUT2D eigenvalue weighted by Gasteiger charge is -2.12. The Labute approximate surface area is 144 Å². The summed E-state index contributed by atoms with van der Waals surface area (Å²) in [6, 6.07) is 14.7. The Balaban J connectivity index is 0.00000208. The highest BCUT2D eigenvalue weighted by Gasteiger charge is 2.16. The van der Waals surface area contributed by atoms with Crippen LogP contribution >= 0.6 is 12.4 Å². The lowest BCUT2D eigenvalue weighted by Crippen LogP contribution is -2.04. The van der Waals surface area contributed by atoms with Crippen LogP contribution in [0.3, 0.4) is 0 Å². The van der Waals surface area contributed by atoms with Crippen molar-refractivity contribution >= 4 is 18.1 Å². The number of pyridine rings is 1. The maximum absolute atomic E-state index is 14.5. The van der Waals surface area contributed by atoms with Crippen LogP contribution in [0.4, 0.5) is 14.5 Å². The van der Waals surface area contributed by atoms with Crippen LogP contribution in [0.25, 0.3) is 0 Å². The van der Waals surface area contributed by atoms with E-state index in [1.807, 2.05) is 0 Å². The number of halogens is 3. The molecule has 2 aromatic carbocycles. The van der Waals surface area contributed by atoms with Crippen LogP contribution in [0, 0.1) is 11.6 Å². The first-order chi connectivity index (χ1) is 11.2. The highest BCUT2D eigenvalue weighted by molar-refractivity contribution is 5.85. The van der Waals surface area contributed by atoms with Gasteiger partial charge in [-0.3, -0.25) is 4.98 Å². The maximum Gasteiger partial charge on any atom is 0.198 e. The van der Waals surface area contributed by atoms with Gasteiger partial charge in [0, 0.05) is 30.2 Å². The summed E-state index contributed by atoms with van der Waals surface area (Å²) >= 11 is 0. The van der Waals surface area contributed by atoms with Crippen molar-refractivity contribution in [3.8, 4) is 11.5 Å². The summed E-state index contributed by atoms with van der Waals surface area (Å²) < 4.78 is 33.7. The van der Waals surface area contributed by atoms with Gasteiger partial charge in [-0.1, -0.05) is 24.3 Å². The molecule has 0 saturated heterocycles. The predicted molar refractivity (Wildman–Crippen MR) is 91.7 cm³/mol. The van der Waals surface area contributed by atoms with Crippen LogP contribution in [0.5, 0.6) is 11.5 Å². The molecule has 1 N–H and O–H groups in total. The van der Waals surface area contributed by atoms with Crippen molar-refractivity contribution in [2.45, 2.75) is 6.54 Å². The SMILES string of the molecule is Cl.Fc1ccc(CNc2ccncc2)c(F)c1Oc1ccccc1. The van der Waals surface area contributed by atoms with Crippen LogP contribution in [-0.4, -0.2) is 4.98 Å². The van der Waals surface area contributed by atoms with Crippen LogP contribution < -0.4 is 10.1 Å². The number of ether oxygens (including phenoxy) is 1. The molecule has 0 aliphatic rings. The van der Waals surface area contributed by atoms with Crippen molar-refractivity contribution in [2.24, 2.45) is 0 Å². The third kappa shape index (κ3) is 4.20. The van der Waals surface area contributed by atoms with Crippen molar-refractivity contribution in [1.82, 2.24) is 4.98 Å². The van der Waals surface area contributed by atoms with E-state index in [1.165, 1.54) is 12.1 Å². The standard InChI is InChI=1S/C18H14F2N2O.ClH/c19-16-7-6-13(12-22-14-8-10-21-11-9-14)17(20)18(16)23-15-4-2-1-3-5-15;/h1-11H,12H2,(H,21,22);1H. The van der Waals surface area contributed by atoms with Crippen molar-refractivity contribution in [1.29, 1.82) is 0 Å². The zero-order chi connectivity index (χ0) is 16.1. The van der Waals surface area contributed by atoms with E-state index in [0.717, 1.165) is 5.69 Å². The molecule has 1 heterocycles. The molecule has 24 heavy (non-hydrogen) atoms. The average Bonchev–Trinajstić information content (AvgIpc) is 2.60. The molecule has 0 aliphatic heterocycles. The minimum Gasteiger partial charge on any atom is -0.451 e. The van der Waals surface area contributed by atoms with E-state index >= 15 is 0 Å². The Morgan fingerprint density at radius 3 is 2.33 bits per heavy atom. The van der Waals surface area contributed by atoms with Crippen LogP contribution in [0.1, 0.15) is 5.56 Å². The molecule has 0 atom stereocenters. The summed E-state index contributed by atoms with van der Waals surface area (Å²) in [5.74, 6) is -1.47. The molecule has 6 heteroatoms. The first-order valence-electron chi connectivity index (χ1n) is 7.08. The normalized spacial score (nSPS) is 9.92. The van der Waals surface area contributed by atoms with E-state index in [2.05, 4.69) is 10.3 Å². The van der Waals surface area contributed by atoms with E-state index in [9.17, 15) is 8.78 Å². The third-order valence-corrected chi connectivity index (χ3v) is 3.26. The summed E-state index contributed by atoms with van der Waals surface area (Å²) in [6.07, 6.45) is 3.26. The van der Waals surface area contributed by atoms with Gasteiger partial charge in [0.25, 0.3) is 0 Å². The van der Waals surface area contributed by atoms with Gasteiger partial charge in [-0.15, -0.1) is 12.4 Å². The Morgan fingerprint density at radius 2 is 1.62 bits per heavy atom. The van der Waals surface area contributed by atoms with Crippen molar-refractivity contribution in [3.05, 3.63) is 84.2 Å². The number of aromatic nitrogens is 1. The summed E-state index contributed by atoms with van der Waals surface area (Å²) in [5, 5.41) is 3.05. The second kappa shape index (κ2) is 8.26. The highest BCUT2D eigenvalue weighted by Crippen LogP contribution is 2.29. The van der Waals surface area contributed by atoms with Gasteiger partial charge in [-0.2, -0.15) is 0 Å². The number of anilines is 1. The average molecular weight is 349 g/mol. The van der Waals surface area contributed by atoms with Crippen molar-refractivity contribution in [2.75, 3.05) is 5.32 Å². The Kier molecular flexibility index (Phi) is 6.09. The molecule has 3 nitrogen and oxygen atoms in total. The fourth-order valence-electron chi connectivity index (χ4n) is 2.08. The summed E-state index contributed by atoms with van der Waals surface area (Å²) in [4.78, 5) is 3.91. The Morgan fingerprint density at radius 1 is 0.917 bits per heavy atom. The van der Waals surface area contributed by atoms with Crippen LogP contribution in [0.2, 0.25) is 0 Å². The van der Waals surface area contributed by atoms with Gasteiger partial charge in [-0.25, -0.2) is 8.78 Å². The number of nitrogens with zero attached hydrogens (tertiary/aromatic N) is 1. The van der Waals surface area contributed by atoms with E-state index in [4.69, 9.17) is 4.74 Å². The molecule has 0 saturated carbocycles. The van der Waals surface area contributed by atoms with E-state index < -0.39 is 17.4 Å². The number of hydrogen-bond donors (Lipinski definition) is 1. The topological polar surface area (TPSA) is 34.2 Å². The molecule has 0 radical (unpaired) electrons. The maximum atomic E-state index is 14.5. The van der Waals surface area contributed by atoms with Crippen LogP contribution in [-0.2, 0) is 6.54 Å².